The van der Waals surface area contributed by atoms with Crippen molar-refractivity contribution in [3.8, 4) is 28.5 Å². The van der Waals surface area contributed by atoms with Gasteiger partial charge in [0.2, 0.25) is 0 Å². The van der Waals surface area contributed by atoms with Crippen LogP contribution in [0.1, 0.15) is 41.6 Å². The molecule has 3 heterocycles. The largest absolute Gasteiger partial charge is 0.454 e. The zero-order valence-electron chi connectivity index (χ0n) is 21.0. The number of nitrogens with zero attached hydrogens (tertiary/aromatic N) is 3. The van der Waals surface area contributed by atoms with Gasteiger partial charge in [0.15, 0.2) is 5.58 Å². The number of amides is 1. The van der Waals surface area contributed by atoms with Crippen LogP contribution in [0.3, 0.4) is 0 Å². The van der Waals surface area contributed by atoms with Crippen molar-refractivity contribution in [3.63, 3.8) is 0 Å². The zero-order chi connectivity index (χ0) is 25.6. The summed E-state index contributed by atoms with van der Waals surface area (Å²) in [4.78, 5) is 18.3. The SMILES string of the molecule is CN(C)C(=O)c1ccc(-c2cc3nccc(-c4ccc(NC5CCOC6(CC6)C5)c(C#N)c4)c3o2)cc1. The highest BCUT2D eigenvalue weighted by molar-refractivity contribution is 5.95. The third-order valence-electron chi connectivity index (χ3n) is 7.35. The Balaban J connectivity index is 1.29. The molecule has 1 aliphatic carbocycles. The fourth-order valence-corrected chi connectivity index (χ4v) is 5.13. The van der Waals surface area contributed by atoms with E-state index < -0.39 is 0 Å². The predicted molar refractivity (Wildman–Crippen MR) is 142 cm³/mol. The molecule has 4 aromatic rings. The Bertz CT molecular complexity index is 1530. The Morgan fingerprint density at radius 2 is 1.89 bits per heavy atom. The number of nitrogens with one attached hydrogen (secondary N) is 1. The number of carbonyl (C=O) groups excluding carboxylic acids is 1. The van der Waals surface area contributed by atoms with Crippen LogP contribution in [0.5, 0.6) is 0 Å². The van der Waals surface area contributed by atoms with Crippen LogP contribution >= 0.6 is 0 Å². The molecule has 2 aromatic carbocycles. The average molecular weight is 493 g/mol. The number of carbonyl (C=O) groups is 1. The van der Waals surface area contributed by atoms with Crippen LogP contribution in [0.4, 0.5) is 5.69 Å². The Hall–Kier alpha value is -4.15. The van der Waals surface area contributed by atoms with E-state index in [0.717, 1.165) is 60.2 Å². The first kappa shape index (κ1) is 23.3. The summed E-state index contributed by atoms with van der Waals surface area (Å²) in [7, 11) is 3.47. The molecule has 2 aliphatic rings. The number of furan rings is 1. The van der Waals surface area contributed by atoms with Gasteiger partial charge < -0.3 is 19.4 Å². The van der Waals surface area contributed by atoms with E-state index >= 15 is 0 Å². The van der Waals surface area contributed by atoms with Gasteiger partial charge in [-0.15, -0.1) is 0 Å². The molecule has 1 saturated heterocycles. The van der Waals surface area contributed by atoms with Gasteiger partial charge in [0, 0.05) is 55.7 Å². The monoisotopic (exact) mass is 492 g/mol. The van der Waals surface area contributed by atoms with Gasteiger partial charge in [-0.05, 0) is 61.6 Å². The summed E-state index contributed by atoms with van der Waals surface area (Å²) in [5.74, 6) is 0.626. The van der Waals surface area contributed by atoms with E-state index in [1.807, 2.05) is 42.5 Å². The number of ether oxygens (including phenoxy) is 1. The van der Waals surface area contributed by atoms with Crippen LogP contribution in [-0.2, 0) is 4.74 Å². The van der Waals surface area contributed by atoms with Crippen molar-refractivity contribution < 1.29 is 13.9 Å². The lowest BCUT2D eigenvalue weighted by Crippen LogP contribution is -2.35. The smallest absolute Gasteiger partial charge is 0.253 e. The van der Waals surface area contributed by atoms with Crippen molar-refractivity contribution in [1.29, 1.82) is 5.26 Å². The minimum absolute atomic E-state index is 0.0461. The van der Waals surface area contributed by atoms with Gasteiger partial charge in [0.05, 0.1) is 16.9 Å². The molecule has 186 valence electrons. The minimum Gasteiger partial charge on any atom is -0.454 e. The third kappa shape index (κ3) is 4.45. The summed E-state index contributed by atoms with van der Waals surface area (Å²) in [5, 5.41) is 13.5. The van der Waals surface area contributed by atoms with E-state index in [1.165, 1.54) is 0 Å². The molecule has 37 heavy (non-hydrogen) atoms. The Morgan fingerprint density at radius 3 is 2.62 bits per heavy atom. The number of hydrogen-bond acceptors (Lipinski definition) is 6. The molecular weight excluding hydrogens is 464 g/mol. The topological polar surface area (TPSA) is 91.4 Å². The lowest BCUT2D eigenvalue weighted by molar-refractivity contribution is -0.00880. The van der Waals surface area contributed by atoms with Gasteiger partial charge in [-0.2, -0.15) is 5.26 Å². The molecule has 1 unspecified atom stereocenters. The second kappa shape index (κ2) is 9.06. The molecule has 7 nitrogen and oxygen atoms in total. The molecule has 0 bridgehead atoms. The van der Waals surface area contributed by atoms with Crippen LogP contribution in [-0.4, -0.2) is 48.1 Å². The number of hydrogen-bond donors (Lipinski definition) is 1. The first-order valence-electron chi connectivity index (χ1n) is 12.6. The quantitative estimate of drug-likeness (QED) is 0.375. The van der Waals surface area contributed by atoms with Crippen molar-refractivity contribution in [2.45, 2.75) is 37.3 Å². The summed E-state index contributed by atoms with van der Waals surface area (Å²) in [5.41, 5.74) is 6.18. The maximum Gasteiger partial charge on any atom is 0.253 e. The number of pyridine rings is 1. The van der Waals surface area contributed by atoms with Crippen LogP contribution in [0.15, 0.2) is 65.2 Å². The van der Waals surface area contributed by atoms with E-state index in [4.69, 9.17) is 9.15 Å². The van der Waals surface area contributed by atoms with Gasteiger partial charge in [-0.3, -0.25) is 9.78 Å². The van der Waals surface area contributed by atoms with E-state index in [2.05, 4.69) is 16.4 Å². The number of aromatic nitrogens is 1. The Kier molecular flexibility index (Phi) is 5.69. The highest BCUT2D eigenvalue weighted by atomic mass is 16.5. The molecule has 6 rings (SSSR count). The van der Waals surface area contributed by atoms with Gasteiger partial charge >= 0.3 is 0 Å². The number of nitriles is 1. The first-order valence-corrected chi connectivity index (χ1v) is 12.6. The molecular formula is C30H28N4O3. The minimum atomic E-state index is -0.0461. The van der Waals surface area contributed by atoms with E-state index in [9.17, 15) is 10.1 Å². The fourth-order valence-electron chi connectivity index (χ4n) is 5.13. The molecule has 1 N–H and O–H groups in total. The number of rotatable bonds is 5. The lowest BCUT2D eigenvalue weighted by atomic mass is 9.99. The summed E-state index contributed by atoms with van der Waals surface area (Å²) in [6.45, 7) is 0.766. The van der Waals surface area contributed by atoms with Crippen molar-refractivity contribution in [2.24, 2.45) is 0 Å². The highest BCUT2D eigenvalue weighted by Crippen LogP contribution is 2.47. The molecule has 0 radical (unpaired) electrons. The fraction of sp³-hybridized carbons (Fsp3) is 0.300. The maximum absolute atomic E-state index is 12.2. The van der Waals surface area contributed by atoms with Crippen molar-refractivity contribution >= 4 is 22.7 Å². The Morgan fingerprint density at radius 1 is 1.11 bits per heavy atom. The van der Waals surface area contributed by atoms with Crippen molar-refractivity contribution in [1.82, 2.24) is 9.88 Å². The molecule has 1 atom stereocenters. The van der Waals surface area contributed by atoms with Crippen LogP contribution in [0.2, 0.25) is 0 Å². The predicted octanol–water partition coefficient (Wildman–Crippen LogP) is 5.86. The number of benzene rings is 2. The van der Waals surface area contributed by atoms with Crippen LogP contribution < -0.4 is 5.32 Å². The van der Waals surface area contributed by atoms with Gasteiger partial charge in [-0.25, -0.2) is 0 Å². The Labute approximate surface area is 215 Å². The molecule has 2 aromatic heterocycles. The van der Waals surface area contributed by atoms with E-state index in [0.29, 0.717) is 28.5 Å². The summed E-state index contributed by atoms with van der Waals surface area (Å²) in [6, 6.07) is 19.8. The summed E-state index contributed by atoms with van der Waals surface area (Å²) < 4.78 is 12.2. The molecule has 1 saturated carbocycles. The van der Waals surface area contributed by atoms with Crippen molar-refractivity contribution in [2.75, 3.05) is 26.0 Å². The highest BCUT2D eigenvalue weighted by Gasteiger charge is 2.47. The van der Waals surface area contributed by atoms with E-state index in [1.54, 1.807) is 37.3 Å². The standard InChI is InChI=1S/C30H28N4O3/c1-34(2)29(35)20-5-3-19(4-6-20)27-16-26-28(37-27)24(9-13-32-26)21-7-8-25(22(15-21)18-31)33-23-10-14-36-30(17-23)11-12-30/h3-9,13,15-16,23,33H,10-12,14,17H2,1-2H3. The second-order valence-electron chi connectivity index (χ2n) is 10.2. The first-order chi connectivity index (χ1) is 17.9. The lowest BCUT2D eigenvalue weighted by Gasteiger charge is -2.31. The normalized spacial score (nSPS) is 17.9. The number of fused-ring (bicyclic) bond motifs is 1. The molecule has 2 fully saturated rings. The summed E-state index contributed by atoms with van der Waals surface area (Å²) >= 11 is 0. The zero-order valence-corrected chi connectivity index (χ0v) is 21.0. The molecule has 1 amide bonds. The van der Waals surface area contributed by atoms with E-state index in [-0.39, 0.29) is 11.5 Å². The summed E-state index contributed by atoms with van der Waals surface area (Å²) in [6.07, 6.45) is 5.96. The molecule has 7 heteroatoms. The second-order valence-corrected chi connectivity index (χ2v) is 10.2. The third-order valence-corrected chi connectivity index (χ3v) is 7.35. The average Bonchev–Trinajstić information content (AvgIpc) is 3.50. The maximum atomic E-state index is 12.2. The van der Waals surface area contributed by atoms with Crippen LogP contribution in [0.25, 0.3) is 33.6 Å². The molecule has 1 spiro atoms. The van der Waals surface area contributed by atoms with Gasteiger partial charge in [0.25, 0.3) is 5.91 Å². The van der Waals surface area contributed by atoms with Crippen LogP contribution in [0, 0.1) is 11.3 Å². The molecule has 1 aliphatic heterocycles. The van der Waals surface area contributed by atoms with Crippen molar-refractivity contribution in [3.05, 3.63) is 71.9 Å². The van der Waals surface area contributed by atoms with Gasteiger partial charge in [0.1, 0.15) is 17.3 Å². The van der Waals surface area contributed by atoms with Gasteiger partial charge in [-0.1, -0.05) is 18.2 Å². The number of anilines is 1.